The Hall–Kier alpha value is -1.69. The van der Waals surface area contributed by atoms with E-state index >= 15 is 0 Å². The van der Waals surface area contributed by atoms with Crippen molar-refractivity contribution in [3.05, 3.63) is 17.6 Å². The second kappa shape index (κ2) is 8.08. The van der Waals surface area contributed by atoms with Gasteiger partial charge >= 0.3 is 0 Å². The Kier molecular flexibility index (Phi) is 6.12. The number of hydrogen-bond donors (Lipinski definition) is 1. The number of likely N-dealkylation sites (tertiary alicyclic amines) is 1. The van der Waals surface area contributed by atoms with Crippen molar-refractivity contribution in [3.63, 3.8) is 0 Å². The predicted octanol–water partition coefficient (Wildman–Crippen LogP) is 2.25. The van der Waals surface area contributed by atoms with Crippen molar-refractivity contribution in [2.75, 3.05) is 32.1 Å². The molecule has 0 aliphatic carbocycles. The number of ether oxygens (including phenoxy) is 1. The Morgan fingerprint density at radius 1 is 1.45 bits per heavy atom. The van der Waals surface area contributed by atoms with Gasteiger partial charge in [0.25, 0.3) is 5.91 Å². The highest BCUT2D eigenvalue weighted by Gasteiger charge is 2.27. The minimum absolute atomic E-state index is 0.0202. The van der Waals surface area contributed by atoms with Gasteiger partial charge in [-0.05, 0) is 32.6 Å². The first kappa shape index (κ1) is 16.7. The Balaban J connectivity index is 2.14. The number of aromatic nitrogens is 2. The van der Waals surface area contributed by atoms with Crippen LogP contribution in [0.15, 0.2) is 6.07 Å². The summed E-state index contributed by atoms with van der Waals surface area (Å²) in [4.78, 5) is 23.4. The van der Waals surface area contributed by atoms with E-state index in [4.69, 9.17) is 4.74 Å². The quantitative estimate of drug-likeness (QED) is 0.817. The van der Waals surface area contributed by atoms with Crippen molar-refractivity contribution in [1.82, 2.24) is 14.9 Å². The molecule has 1 N–H and O–H groups in total. The van der Waals surface area contributed by atoms with Gasteiger partial charge in [0.2, 0.25) is 0 Å². The molecule has 6 heteroatoms. The summed E-state index contributed by atoms with van der Waals surface area (Å²) >= 11 is 0. The van der Waals surface area contributed by atoms with Gasteiger partial charge in [-0.25, -0.2) is 9.97 Å². The molecule has 0 bridgehead atoms. The fraction of sp³-hybridized carbons (Fsp3) is 0.688. The van der Waals surface area contributed by atoms with Gasteiger partial charge in [0.1, 0.15) is 17.3 Å². The molecule has 2 heterocycles. The molecule has 22 heavy (non-hydrogen) atoms. The van der Waals surface area contributed by atoms with Crippen LogP contribution in [0.2, 0.25) is 0 Å². The van der Waals surface area contributed by atoms with Gasteiger partial charge in [-0.3, -0.25) is 4.79 Å². The molecular formula is C16H26N4O2. The third-order valence-electron chi connectivity index (χ3n) is 4.03. The number of rotatable bonds is 6. The molecule has 1 atom stereocenters. The molecule has 2 rings (SSSR count). The number of carbonyl (C=O) groups is 1. The molecule has 1 unspecified atom stereocenters. The predicted molar refractivity (Wildman–Crippen MR) is 86.1 cm³/mol. The number of amides is 1. The summed E-state index contributed by atoms with van der Waals surface area (Å²) in [6.07, 6.45) is 4.36. The molecule has 1 aromatic heterocycles. The van der Waals surface area contributed by atoms with Gasteiger partial charge < -0.3 is 15.0 Å². The molecule has 1 aromatic rings. The zero-order valence-corrected chi connectivity index (χ0v) is 13.8. The molecule has 1 aliphatic rings. The average Bonchev–Trinajstić information content (AvgIpc) is 2.54. The van der Waals surface area contributed by atoms with Crippen LogP contribution in [-0.2, 0) is 4.74 Å². The van der Waals surface area contributed by atoms with Crippen LogP contribution < -0.4 is 5.32 Å². The Morgan fingerprint density at radius 2 is 2.27 bits per heavy atom. The highest BCUT2D eigenvalue weighted by Crippen LogP contribution is 2.22. The first-order valence-electron chi connectivity index (χ1n) is 8.05. The van der Waals surface area contributed by atoms with Crippen molar-refractivity contribution in [1.29, 1.82) is 0 Å². The Bertz CT molecular complexity index is 507. The summed E-state index contributed by atoms with van der Waals surface area (Å²) in [5, 5.41) is 3.16. The monoisotopic (exact) mass is 306 g/mol. The Labute approximate surface area is 132 Å². The Morgan fingerprint density at radius 3 is 3.00 bits per heavy atom. The second-order valence-corrected chi connectivity index (χ2v) is 5.66. The number of aryl methyl sites for hydroxylation is 1. The van der Waals surface area contributed by atoms with E-state index in [1.165, 1.54) is 6.42 Å². The largest absolute Gasteiger partial charge is 0.383 e. The molecule has 1 fully saturated rings. The maximum Gasteiger partial charge on any atom is 0.272 e. The zero-order chi connectivity index (χ0) is 15.9. The summed E-state index contributed by atoms with van der Waals surface area (Å²) in [6, 6.07) is 2.08. The van der Waals surface area contributed by atoms with Crippen molar-refractivity contribution >= 4 is 11.7 Å². The van der Waals surface area contributed by atoms with Crippen LogP contribution in [0.5, 0.6) is 0 Å². The van der Waals surface area contributed by atoms with E-state index in [9.17, 15) is 4.79 Å². The first-order valence-corrected chi connectivity index (χ1v) is 8.05. The topological polar surface area (TPSA) is 67.4 Å². The summed E-state index contributed by atoms with van der Waals surface area (Å²) in [6.45, 7) is 6.02. The molecule has 0 radical (unpaired) electrons. The normalized spacial score (nSPS) is 18.3. The number of carbonyl (C=O) groups excluding carboxylic acids is 1. The van der Waals surface area contributed by atoms with Crippen LogP contribution >= 0.6 is 0 Å². The summed E-state index contributed by atoms with van der Waals surface area (Å²) in [5.74, 6) is 1.31. The van der Waals surface area contributed by atoms with Crippen LogP contribution in [0.25, 0.3) is 0 Å². The lowest BCUT2D eigenvalue weighted by Gasteiger charge is -2.35. The standard InChI is InChI=1S/C16H26N4O2/c1-4-13-7-5-6-9-20(13)16(21)14-11-15(17-8-10-22-3)19-12(2)18-14/h11,13H,4-10H2,1-3H3,(H,17,18,19). The lowest BCUT2D eigenvalue weighted by Crippen LogP contribution is -2.43. The first-order chi connectivity index (χ1) is 10.7. The fourth-order valence-electron chi connectivity index (χ4n) is 2.89. The smallest absolute Gasteiger partial charge is 0.272 e. The summed E-state index contributed by atoms with van der Waals surface area (Å²) in [5.41, 5.74) is 0.479. The van der Waals surface area contributed by atoms with Crippen molar-refractivity contribution < 1.29 is 9.53 Å². The van der Waals surface area contributed by atoms with Crippen LogP contribution in [0.1, 0.15) is 48.9 Å². The van der Waals surface area contributed by atoms with Gasteiger partial charge in [-0.2, -0.15) is 0 Å². The summed E-state index contributed by atoms with van der Waals surface area (Å²) in [7, 11) is 1.66. The van der Waals surface area contributed by atoms with Gasteiger partial charge in [-0.1, -0.05) is 6.92 Å². The van der Waals surface area contributed by atoms with Crippen LogP contribution in [0.4, 0.5) is 5.82 Å². The molecule has 1 aliphatic heterocycles. The van der Waals surface area contributed by atoms with Gasteiger partial charge in [0.05, 0.1) is 6.61 Å². The third kappa shape index (κ3) is 4.16. The number of methoxy groups -OCH3 is 1. The average molecular weight is 306 g/mol. The number of nitrogens with one attached hydrogen (secondary N) is 1. The molecular weight excluding hydrogens is 280 g/mol. The van der Waals surface area contributed by atoms with E-state index in [-0.39, 0.29) is 5.91 Å². The second-order valence-electron chi connectivity index (χ2n) is 5.66. The fourth-order valence-corrected chi connectivity index (χ4v) is 2.89. The number of nitrogens with zero attached hydrogens (tertiary/aromatic N) is 3. The van der Waals surface area contributed by atoms with Crippen molar-refractivity contribution in [3.8, 4) is 0 Å². The SMILES string of the molecule is CCC1CCCCN1C(=O)c1cc(NCCOC)nc(C)n1. The van der Waals surface area contributed by atoms with Gasteiger partial charge in [0.15, 0.2) is 0 Å². The lowest BCUT2D eigenvalue weighted by molar-refractivity contribution is 0.0601. The van der Waals surface area contributed by atoms with E-state index in [2.05, 4.69) is 22.2 Å². The molecule has 122 valence electrons. The summed E-state index contributed by atoms with van der Waals surface area (Å²) < 4.78 is 5.01. The number of anilines is 1. The van der Waals surface area contributed by atoms with E-state index in [1.807, 2.05) is 11.8 Å². The molecule has 0 spiro atoms. The molecule has 1 saturated heterocycles. The number of hydrogen-bond acceptors (Lipinski definition) is 5. The van der Waals surface area contributed by atoms with E-state index in [0.29, 0.717) is 36.5 Å². The minimum Gasteiger partial charge on any atom is -0.383 e. The van der Waals surface area contributed by atoms with E-state index in [1.54, 1.807) is 13.2 Å². The highest BCUT2D eigenvalue weighted by atomic mass is 16.5. The van der Waals surface area contributed by atoms with Crippen LogP contribution in [0, 0.1) is 6.92 Å². The van der Waals surface area contributed by atoms with Crippen molar-refractivity contribution in [2.45, 2.75) is 45.6 Å². The number of piperidine rings is 1. The molecule has 6 nitrogen and oxygen atoms in total. The van der Waals surface area contributed by atoms with Crippen molar-refractivity contribution in [2.24, 2.45) is 0 Å². The van der Waals surface area contributed by atoms with E-state index < -0.39 is 0 Å². The maximum atomic E-state index is 12.8. The van der Waals surface area contributed by atoms with Gasteiger partial charge in [0, 0.05) is 32.3 Å². The van der Waals surface area contributed by atoms with Gasteiger partial charge in [-0.15, -0.1) is 0 Å². The molecule has 0 aromatic carbocycles. The minimum atomic E-state index is 0.0202. The zero-order valence-electron chi connectivity index (χ0n) is 13.8. The molecule has 1 amide bonds. The van der Waals surface area contributed by atoms with Crippen LogP contribution in [0.3, 0.4) is 0 Å². The highest BCUT2D eigenvalue weighted by molar-refractivity contribution is 5.93. The lowest BCUT2D eigenvalue weighted by atomic mass is 9.99. The third-order valence-corrected chi connectivity index (χ3v) is 4.03. The van der Waals surface area contributed by atoms with E-state index in [0.717, 1.165) is 25.8 Å². The van der Waals surface area contributed by atoms with Crippen LogP contribution in [-0.4, -0.2) is 53.6 Å². The molecule has 0 saturated carbocycles. The maximum absolute atomic E-state index is 12.8.